The second kappa shape index (κ2) is 4.49. The molecule has 4 aromatic rings. The summed E-state index contributed by atoms with van der Waals surface area (Å²) in [5.41, 5.74) is 2.82. The highest BCUT2D eigenvalue weighted by atomic mass is 16.3. The number of hydrogen-bond acceptors (Lipinski definition) is 3. The maximum absolute atomic E-state index is 12.2. The van der Waals surface area contributed by atoms with Gasteiger partial charge >= 0.3 is 0 Å². The quantitative estimate of drug-likeness (QED) is 0.612. The molecule has 0 spiro atoms. The van der Waals surface area contributed by atoms with Crippen molar-refractivity contribution in [3.8, 4) is 22.6 Å². The minimum atomic E-state index is -0.173. The van der Waals surface area contributed by atoms with Gasteiger partial charge in [0.1, 0.15) is 5.69 Å². The summed E-state index contributed by atoms with van der Waals surface area (Å²) >= 11 is 0. The largest absolute Gasteiger partial charge is 0.463 e. The van der Waals surface area contributed by atoms with E-state index in [-0.39, 0.29) is 5.56 Å². The fraction of sp³-hybridized carbons (Fsp3) is 0. The molecule has 4 rings (SSSR count). The molecule has 3 heterocycles. The van der Waals surface area contributed by atoms with Crippen LogP contribution in [0.15, 0.2) is 70.2 Å². The van der Waals surface area contributed by atoms with E-state index in [1.807, 2.05) is 30.3 Å². The maximum atomic E-state index is 12.2. The highest BCUT2D eigenvalue weighted by Crippen LogP contribution is 2.24. The number of nitrogens with zero attached hydrogens (tertiary/aromatic N) is 2. The van der Waals surface area contributed by atoms with Gasteiger partial charge < -0.3 is 4.42 Å². The van der Waals surface area contributed by atoms with Gasteiger partial charge in [-0.1, -0.05) is 30.3 Å². The van der Waals surface area contributed by atoms with Crippen LogP contribution in [0, 0.1) is 0 Å². The number of H-pyrrole nitrogens is 1. The molecule has 0 radical (unpaired) electrons. The summed E-state index contributed by atoms with van der Waals surface area (Å²) in [5.74, 6) is 0.579. The van der Waals surface area contributed by atoms with E-state index in [1.165, 1.54) is 10.6 Å². The summed E-state index contributed by atoms with van der Waals surface area (Å²) in [6.45, 7) is 0. The first-order valence-corrected chi connectivity index (χ1v) is 6.53. The summed E-state index contributed by atoms with van der Waals surface area (Å²) in [6.07, 6.45) is 3.35. The topological polar surface area (TPSA) is 63.3 Å². The molecule has 0 aliphatic rings. The summed E-state index contributed by atoms with van der Waals surface area (Å²) in [5, 5.41) is 2.94. The zero-order valence-corrected chi connectivity index (χ0v) is 11.0. The molecule has 0 atom stereocenters. The van der Waals surface area contributed by atoms with Crippen molar-refractivity contribution in [2.75, 3.05) is 0 Å². The zero-order valence-electron chi connectivity index (χ0n) is 11.0. The van der Waals surface area contributed by atoms with Gasteiger partial charge in [-0.25, -0.2) is 9.50 Å². The second-order valence-corrected chi connectivity index (χ2v) is 4.67. The second-order valence-electron chi connectivity index (χ2n) is 4.67. The van der Waals surface area contributed by atoms with Crippen LogP contribution in [0.5, 0.6) is 0 Å². The third-order valence-corrected chi connectivity index (χ3v) is 3.36. The molecule has 0 unspecified atom stereocenters. The Bertz CT molecular complexity index is 950. The van der Waals surface area contributed by atoms with E-state index in [4.69, 9.17) is 4.42 Å². The average Bonchev–Trinajstić information content (AvgIpc) is 3.18. The molecule has 0 saturated carbocycles. The Morgan fingerprint density at radius 2 is 1.95 bits per heavy atom. The lowest BCUT2D eigenvalue weighted by atomic mass is 10.1. The van der Waals surface area contributed by atoms with Crippen LogP contribution in [0.3, 0.4) is 0 Å². The van der Waals surface area contributed by atoms with Crippen molar-refractivity contribution in [3.63, 3.8) is 0 Å². The van der Waals surface area contributed by atoms with E-state index in [0.29, 0.717) is 17.1 Å². The third kappa shape index (κ3) is 1.87. The van der Waals surface area contributed by atoms with Crippen LogP contribution in [-0.2, 0) is 0 Å². The molecular weight excluding hydrogens is 266 g/mol. The van der Waals surface area contributed by atoms with E-state index in [1.54, 1.807) is 24.6 Å². The monoisotopic (exact) mass is 277 g/mol. The van der Waals surface area contributed by atoms with Crippen molar-refractivity contribution in [1.29, 1.82) is 0 Å². The Balaban J connectivity index is 2.01. The van der Waals surface area contributed by atoms with Gasteiger partial charge in [0.05, 0.1) is 6.26 Å². The van der Waals surface area contributed by atoms with Crippen molar-refractivity contribution in [2.24, 2.45) is 0 Å². The fourth-order valence-corrected chi connectivity index (χ4v) is 2.36. The molecule has 5 nitrogen and oxygen atoms in total. The Labute approximate surface area is 119 Å². The number of rotatable bonds is 2. The molecular formula is C16H11N3O2. The number of hydrogen-bond donors (Lipinski definition) is 1. The van der Waals surface area contributed by atoms with Gasteiger partial charge in [0.25, 0.3) is 5.56 Å². The van der Waals surface area contributed by atoms with Gasteiger partial charge in [0.2, 0.25) is 0 Å². The van der Waals surface area contributed by atoms with Gasteiger partial charge in [-0.05, 0) is 17.7 Å². The van der Waals surface area contributed by atoms with Crippen LogP contribution in [0.4, 0.5) is 0 Å². The average molecular weight is 277 g/mol. The number of aromatic nitrogens is 3. The lowest BCUT2D eigenvalue weighted by molar-refractivity contribution is 0.580. The first kappa shape index (κ1) is 11.7. The van der Waals surface area contributed by atoms with Gasteiger partial charge in [-0.3, -0.25) is 9.89 Å². The predicted octanol–water partition coefficient (Wildman–Crippen LogP) is 2.95. The highest BCUT2D eigenvalue weighted by molar-refractivity contribution is 5.77. The third-order valence-electron chi connectivity index (χ3n) is 3.36. The van der Waals surface area contributed by atoms with E-state index in [2.05, 4.69) is 10.1 Å². The van der Waals surface area contributed by atoms with Gasteiger partial charge in [-0.2, -0.15) is 0 Å². The van der Waals surface area contributed by atoms with Crippen molar-refractivity contribution in [2.45, 2.75) is 0 Å². The van der Waals surface area contributed by atoms with Gasteiger partial charge in [0, 0.05) is 17.8 Å². The SMILES string of the molecule is O=c1cc(-c2ccco2)nc2c(-c3ccccc3)c[nH]n12. The smallest absolute Gasteiger partial charge is 0.273 e. The molecule has 1 aromatic carbocycles. The van der Waals surface area contributed by atoms with Gasteiger partial charge in [0.15, 0.2) is 11.4 Å². The number of furan rings is 1. The van der Waals surface area contributed by atoms with Crippen LogP contribution in [0.25, 0.3) is 28.2 Å². The Morgan fingerprint density at radius 1 is 1.10 bits per heavy atom. The van der Waals surface area contributed by atoms with Crippen LogP contribution in [0.2, 0.25) is 0 Å². The molecule has 102 valence electrons. The number of fused-ring (bicyclic) bond motifs is 1. The molecule has 5 heteroatoms. The highest BCUT2D eigenvalue weighted by Gasteiger charge is 2.12. The molecule has 1 N–H and O–H groups in total. The van der Waals surface area contributed by atoms with E-state index >= 15 is 0 Å². The molecule has 21 heavy (non-hydrogen) atoms. The Hall–Kier alpha value is -3.08. The molecule has 0 bridgehead atoms. The van der Waals surface area contributed by atoms with Crippen molar-refractivity contribution >= 4 is 5.65 Å². The van der Waals surface area contributed by atoms with Gasteiger partial charge in [-0.15, -0.1) is 0 Å². The van der Waals surface area contributed by atoms with Crippen molar-refractivity contribution in [1.82, 2.24) is 14.6 Å². The van der Waals surface area contributed by atoms with Crippen LogP contribution in [-0.4, -0.2) is 14.6 Å². The minimum Gasteiger partial charge on any atom is -0.463 e. The maximum Gasteiger partial charge on any atom is 0.273 e. The lowest BCUT2D eigenvalue weighted by Crippen LogP contribution is -2.14. The van der Waals surface area contributed by atoms with Crippen LogP contribution >= 0.6 is 0 Å². The molecule has 0 amide bonds. The summed E-state index contributed by atoms with van der Waals surface area (Å²) < 4.78 is 6.75. The van der Waals surface area contributed by atoms with Crippen LogP contribution in [0.1, 0.15) is 0 Å². The van der Waals surface area contributed by atoms with E-state index < -0.39 is 0 Å². The standard InChI is InChI=1S/C16H11N3O2/c20-15-9-13(14-7-4-8-21-14)18-16-12(10-17-19(15)16)11-5-2-1-3-6-11/h1-10,17H. The minimum absolute atomic E-state index is 0.173. The summed E-state index contributed by atoms with van der Waals surface area (Å²) in [6, 6.07) is 14.8. The molecule has 0 fully saturated rings. The number of aromatic amines is 1. The Kier molecular flexibility index (Phi) is 2.50. The molecule has 3 aromatic heterocycles. The van der Waals surface area contributed by atoms with Crippen molar-refractivity contribution in [3.05, 3.63) is 71.3 Å². The van der Waals surface area contributed by atoms with E-state index in [0.717, 1.165) is 11.1 Å². The Morgan fingerprint density at radius 3 is 2.71 bits per heavy atom. The van der Waals surface area contributed by atoms with Crippen molar-refractivity contribution < 1.29 is 4.42 Å². The summed E-state index contributed by atoms with van der Waals surface area (Å²) in [7, 11) is 0. The fourth-order valence-electron chi connectivity index (χ4n) is 2.36. The predicted molar refractivity (Wildman–Crippen MR) is 79.0 cm³/mol. The first-order chi connectivity index (χ1) is 10.3. The summed E-state index contributed by atoms with van der Waals surface area (Å²) in [4.78, 5) is 16.7. The zero-order chi connectivity index (χ0) is 14.2. The number of benzene rings is 1. The molecule has 0 aliphatic heterocycles. The first-order valence-electron chi connectivity index (χ1n) is 6.53. The van der Waals surface area contributed by atoms with E-state index in [9.17, 15) is 4.79 Å². The number of nitrogens with one attached hydrogen (secondary N) is 1. The molecule has 0 aliphatic carbocycles. The lowest BCUT2D eigenvalue weighted by Gasteiger charge is -2.00. The molecule has 0 saturated heterocycles. The van der Waals surface area contributed by atoms with Crippen LogP contribution < -0.4 is 5.56 Å². The normalized spacial score (nSPS) is 11.0.